The first-order valence-corrected chi connectivity index (χ1v) is 4.26. The minimum atomic E-state index is 1.01. The maximum atomic E-state index is 5.40. The monoisotopic (exact) mass is 231 g/mol. The SMILES string of the molecule is CN([C]Cl)c1cccc(Br)c1. The highest BCUT2D eigenvalue weighted by Crippen LogP contribution is 2.19. The van der Waals surface area contributed by atoms with Crippen molar-refractivity contribution in [1.82, 2.24) is 0 Å². The van der Waals surface area contributed by atoms with Crippen LogP contribution >= 0.6 is 27.5 Å². The molecule has 0 aromatic heterocycles. The van der Waals surface area contributed by atoms with Crippen molar-refractivity contribution < 1.29 is 0 Å². The second-order valence-corrected chi connectivity index (χ2v) is 3.21. The molecule has 0 aliphatic heterocycles. The van der Waals surface area contributed by atoms with Crippen LogP contribution in [0.1, 0.15) is 0 Å². The second kappa shape index (κ2) is 3.98. The van der Waals surface area contributed by atoms with E-state index in [1.807, 2.05) is 31.3 Å². The van der Waals surface area contributed by atoms with Crippen LogP contribution in [0.2, 0.25) is 0 Å². The van der Waals surface area contributed by atoms with E-state index >= 15 is 0 Å². The molecule has 1 rings (SSSR count). The molecule has 2 radical (unpaired) electrons. The summed E-state index contributed by atoms with van der Waals surface area (Å²) in [5.74, 6) is 0. The fourth-order valence-electron chi connectivity index (χ4n) is 0.734. The Kier molecular flexibility index (Phi) is 3.21. The van der Waals surface area contributed by atoms with E-state index in [0.717, 1.165) is 10.2 Å². The molecule has 3 heteroatoms. The summed E-state index contributed by atoms with van der Waals surface area (Å²) >= 11 is 8.76. The zero-order valence-electron chi connectivity index (χ0n) is 6.01. The first-order chi connectivity index (χ1) is 5.24. The number of hydrogen-bond donors (Lipinski definition) is 0. The number of benzene rings is 1. The van der Waals surface area contributed by atoms with Gasteiger partial charge in [0.25, 0.3) is 0 Å². The van der Waals surface area contributed by atoms with Gasteiger partial charge in [-0.1, -0.05) is 33.6 Å². The molecule has 0 bridgehead atoms. The van der Waals surface area contributed by atoms with Crippen LogP contribution in [-0.4, -0.2) is 7.05 Å². The summed E-state index contributed by atoms with van der Waals surface area (Å²) in [7, 11) is 1.84. The molecule has 11 heavy (non-hydrogen) atoms. The number of hydrogen-bond acceptors (Lipinski definition) is 1. The molecule has 1 aromatic rings. The van der Waals surface area contributed by atoms with Crippen molar-refractivity contribution in [3.05, 3.63) is 34.7 Å². The van der Waals surface area contributed by atoms with Crippen molar-refractivity contribution in [2.45, 2.75) is 0 Å². The van der Waals surface area contributed by atoms with Gasteiger partial charge in [-0.2, -0.15) is 0 Å². The van der Waals surface area contributed by atoms with Gasteiger partial charge in [0, 0.05) is 17.2 Å². The number of halogens is 2. The Hall–Kier alpha value is -0.210. The Morgan fingerprint density at radius 3 is 2.82 bits per heavy atom. The number of anilines is 1. The molecule has 0 saturated carbocycles. The van der Waals surface area contributed by atoms with Gasteiger partial charge in [0.05, 0.1) is 0 Å². The lowest BCUT2D eigenvalue weighted by Crippen LogP contribution is -2.08. The van der Waals surface area contributed by atoms with E-state index < -0.39 is 0 Å². The third-order valence-electron chi connectivity index (χ3n) is 1.32. The first-order valence-electron chi connectivity index (χ1n) is 3.09. The van der Waals surface area contributed by atoms with Crippen molar-refractivity contribution in [3.63, 3.8) is 0 Å². The van der Waals surface area contributed by atoms with E-state index in [1.165, 1.54) is 0 Å². The summed E-state index contributed by atoms with van der Waals surface area (Å²) in [4.78, 5) is 1.71. The molecule has 0 aliphatic carbocycles. The third-order valence-corrected chi connectivity index (χ3v) is 2.07. The standard InChI is InChI=1S/C8H7BrClN/c1-11(6-10)8-4-2-3-7(9)5-8/h2-5H,1H3. The summed E-state index contributed by atoms with van der Waals surface area (Å²) in [5.41, 5.74) is 1.01. The lowest BCUT2D eigenvalue weighted by Gasteiger charge is -2.13. The van der Waals surface area contributed by atoms with Crippen LogP contribution < -0.4 is 4.90 Å². The zero-order valence-corrected chi connectivity index (χ0v) is 8.35. The highest BCUT2D eigenvalue weighted by Gasteiger charge is 1.98. The van der Waals surface area contributed by atoms with E-state index in [2.05, 4.69) is 21.9 Å². The quantitative estimate of drug-likeness (QED) is 0.559. The number of nitrogens with zero attached hydrogens (tertiary/aromatic N) is 1. The van der Waals surface area contributed by atoms with E-state index in [4.69, 9.17) is 11.6 Å². The minimum Gasteiger partial charge on any atom is -0.350 e. The van der Waals surface area contributed by atoms with Gasteiger partial charge in [-0.3, -0.25) is 0 Å². The highest BCUT2D eigenvalue weighted by molar-refractivity contribution is 9.10. The molecule has 1 aromatic carbocycles. The van der Waals surface area contributed by atoms with Gasteiger partial charge in [0.1, 0.15) is 0 Å². The van der Waals surface area contributed by atoms with Gasteiger partial charge < -0.3 is 4.90 Å². The molecule has 0 saturated heterocycles. The Bertz CT molecular complexity index is 239. The maximum Gasteiger partial charge on any atom is 0.197 e. The Labute approximate surface area is 80.1 Å². The van der Waals surface area contributed by atoms with Gasteiger partial charge >= 0.3 is 0 Å². The predicted molar refractivity (Wildman–Crippen MR) is 51.6 cm³/mol. The summed E-state index contributed by atoms with van der Waals surface area (Å²) in [6, 6.07) is 10.3. The third kappa shape index (κ3) is 2.38. The maximum absolute atomic E-state index is 5.40. The van der Waals surface area contributed by atoms with Crippen LogP contribution in [0, 0.1) is 6.00 Å². The summed E-state index contributed by atoms with van der Waals surface area (Å²) in [5, 5.41) is 0. The lowest BCUT2D eigenvalue weighted by atomic mass is 10.3. The molecule has 0 spiro atoms. The zero-order chi connectivity index (χ0) is 8.27. The van der Waals surface area contributed by atoms with Crippen LogP contribution in [0.3, 0.4) is 0 Å². The van der Waals surface area contributed by atoms with Crippen LogP contribution in [-0.2, 0) is 0 Å². The Morgan fingerprint density at radius 1 is 1.55 bits per heavy atom. The molecule has 0 heterocycles. The summed E-state index contributed by atoms with van der Waals surface area (Å²) in [6.45, 7) is 0. The van der Waals surface area contributed by atoms with Crippen molar-refractivity contribution in [3.8, 4) is 0 Å². The summed E-state index contributed by atoms with van der Waals surface area (Å²) < 4.78 is 1.04. The molecule has 0 aliphatic rings. The van der Waals surface area contributed by atoms with Gasteiger partial charge in [-0.25, -0.2) is 0 Å². The van der Waals surface area contributed by atoms with Crippen LogP contribution in [0.5, 0.6) is 0 Å². The molecule has 58 valence electrons. The molecule has 0 fully saturated rings. The van der Waals surface area contributed by atoms with Gasteiger partial charge in [0.2, 0.25) is 0 Å². The van der Waals surface area contributed by atoms with Gasteiger partial charge in [-0.15, -0.1) is 0 Å². The smallest absolute Gasteiger partial charge is 0.197 e. The van der Waals surface area contributed by atoms with Crippen LogP contribution in [0.15, 0.2) is 28.7 Å². The molecular weight excluding hydrogens is 225 g/mol. The highest BCUT2D eigenvalue weighted by atomic mass is 79.9. The fourth-order valence-corrected chi connectivity index (χ4v) is 1.22. The fraction of sp³-hybridized carbons (Fsp3) is 0.125. The Morgan fingerprint density at radius 2 is 2.27 bits per heavy atom. The van der Waals surface area contributed by atoms with Crippen LogP contribution in [0.25, 0.3) is 0 Å². The summed E-state index contributed by atoms with van der Waals surface area (Å²) in [6.07, 6.45) is 0. The van der Waals surface area contributed by atoms with Crippen molar-refractivity contribution in [2.75, 3.05) is 11.9 Å². The normalized spacial score (nSPS) is 9.73. The van der Waals surface area contributed by atoms with Crippen molar-refractivity contribution in [2.24, 2.45) is 0 Å². The molecule has 0 unspecified atom stereocenters. The van der Waals surface area contributed by atoms with E-state index in [1.54, 1.807) is 4.90 Å². The average Bonchev–Trinajstić information content (AvgIpc) is 2.03. The van der Waals surface area contributed by atoms with E-state index in [9.17, 15) is 0 Å². The molecular formula is C8H7BrClN. The molecule has 0 amide bonds. The molecule has 0 atom stereocenters. The van der Waals surface area contributed by atoms with Crippen molar-refractivity contribution in [1.29, 1.82) is 0 Å². The van der Waals surface area contributed by atoms with Gasteiger partial charge in [0.15, 0.2) is 6.00 Å². The van der Waals surface area contributed by atoms with E-state index in [-0.39, 0.29) is 0 Å². The predicted octanol–water partition coefficient (Wildman–Crippen LogP) is 3.12. The number of rotatable bonds is 2. The molecule has 1 nitrogen and oxygen atoms in total. The van der Waals surface area contributed by atoms with Crippen LogP contribution in [0.4, 0.5) is 5.69 Å². The lowest BCUT2D eigenvalue weighted by molar-refractivity contribution is 1.17. The molecule has 0 N–H and O–H groups in total. The topological polar surface area (TPSA) is 3.24 Å². The minimum absolute atomic E-state index is 1.01. The largest absolute Gasteiger partial charge is 0.350 e. The first kappa shape index (κ1) is 8.88. The average molecular weight is 233 g/mol. The second-order valence-electron chi connectivity index (χ2n) is 2.12. The van der Waals surface area contributed by atoms with Crippen molar-refractivity contribution >= 4 is 33.2 Å². The van der Waals surface area contributed by atoms with E-state index in [0.29, 0.717) is 0 Å². The Balaban J connectivity index is 2.86. The van der Waals surface area contributed by atoms with Gasteiger partial charge in [-0.05, 0) is 18.2 Å².